The molecule has 2 aromatic rings. The summed E-state index contributed by atoms with van der Waals surface area (Å²) in [7, 11) is 0. The molecule has 3 heteroatoms. The van der Waals surface area contributed by atoms with E-state index >= 15 is 0 Å². The molecule has 23 heavy (non-hydrogen) atoms. The first kappa shape index (κ1) is 14.4. The topological polar surface area (TPSA) is 49.7 Å². The Bertz CT molecular complexity index is 653. The summed E-state index contributed by atoms with van der Waals surface area (Å²) in [6.45, 7) is 0. The van der Waals surface area contributed by atoms with Gasteiger partial charge in [0.05, 0.1) is 0 Å². The van der Waals surface area contributed by atoms with Gasteiger partial charge in [0.2, 0.25) is 0 Å². The lowest BCUT2D eigenvalue weighted by Crippen LogP contribution is -2.09. The van der Waals surface area contributed by atoms with Crippen LogP contribution in [-0.4, -0.2) is 10.2 Å². The SMILES string of the molecule is Oc1ccc(Oc2ccc(O)c(C3CCC3)c2)cc1C1CCC1. The molecule has 0 saturated heterocycles. The van der Waals surface area contributed by atoms with E-state index in [4.69, 9.17) is 4.74 Å². The molecule has 2 aliphatic carbocycles. The number of hydrogen-bond donors (Lipinski definition) is 2. The zero-order valence-corrected chi connectivity index (χ0v) is 13.2. The smallest absolute Gasteiger partial charge is 0.127 e. The van der Waals surface area contributed by atoms with E-state index in [0.717, 1.165) is 48.3 Å². The highest BCUT2D eigenvalue weighted by atomic mass is 16.5. The van der Waals surface area contributed by atoms with Gasteiger partial charge in [-0.25, -0.2) is 0 Å². The molecule has 0 amide bonds. The molecule has 4 rings (SSSR count). The number of aromatic hydroxyl groups is 2. The fourth-order valence-electron chi connectivity index (χ4n) is 3.42. The van der Waals surface area contributed by atoms with E-state index in [1.54, 1.807) is 24.3 Å². The lowest BCUT2D eigenvalue weighted by atomic mass is 9.79. The van der Waals surface area contributed by atoms with E-state index in [0.29, 0.717) is 23.3 Å². The van der Waals surface area contributed by atoms with Crippen molar-refractivity contribution in [3.8, 4) is 23.0 Å². The van der Waals surface area contributed by atoms with Crippen LogP contribution in [0.5, 0.6) is 23.0 Å². The Morgan fingerprint density at radius 2 is 1.13 bits per heavy atom. The molecule has 0 heterocycles. The normalized spacial score (nSPS) is 18.3. The van der Waals surface area contributed by atoms with Crippen molar-refractivity contribution in [2.75, 3.05) is 0 Å². The van der Waals surface area contributed by atoms with Crippen molar-refractivity contribution in [1.82, 2.24) is 0 Å². The second-order valence-corrected chi connectivity index (χ2v) is 6.80. The van der Waals surface area contributed by atoms with Gasteiger partial charge in [0.25, 0.3) is 0 Å². The monoisotopic (exact) mass is 310 g/mol. The Hall–Kier alpha value is -2.16. The summed E-state index contributed by atoms with van der Waals surface area (Å²) in [5, 5.41) is 20.1. The zero-order chi connectivity index (χ0) is 15.8. The summed E-state index contributed by atoms with van der Waals surface area (Å²) >= 11 is 0. The first-order chi connectivity index (χ1) is 11.2. The summed E-state index contributed by atoms with van der Waals surface area (Å²) in [5.74, 6) is 3.14. The third kappa shape index (κ3) is 2.76. The molecule has 120 valence electrons. The van der Waals surface area contributed by atoms with Crippen molar-refractivity contribution in [3.63, 3.8) is 0 Å². The number of phenolic OH excluding ortho intramolecular Hbond substituents is 2. The molecule has 2 aliphatic rings. The third-order valence-corrected chi connectivity index (χ3v) is 5.32. The molecule has 2 saturated carbocycles. The van der Waals surface area contributed by atoms with Crippen molar-refractivity contribution in [3.05, 3.63) is 47.5 Å². The number of phenols is 2. The van der Waals surface area contributed by atoms with E-state index in [-0.39, 0.29) is 0 Å². The van der Waals surface area contributed by atoms with Crippen molar-refractivity contribution < 1.29 is 14.9 Å². The van der Waals surface area contributed by atoms with E-state index in [9.17, 15) is 10.2 Å². The average molecular weight is 310 g/mol. The van der Waals surface area contributed by atoms with Crippen LogP contribution in [0.3, 0.4) is 0 Å². The Labute approximate surface area is 136 Å². The molecule has 2 N–H and O–H groups in total. The van der Waals surface area contributed by atoms with Crippen LogP contribution in [0.25, 0.3) is 0 Å². The molecular weight excluding hydrogens is 288 g/mol. The fraction of sp³-hybridized carbons (Fsp3) is 0.400. The maximum absolute atomic E-state index is 10.0. The van der Waals surface area contributed by atoms with E-state index in [2.05, 4.69) is 0 Å². The van der Waals surface area contributed by atoms with Gasteiger partial charge in [0, 0.05) is 11.1 Å². The van der Waals surface area contributed by atoms with Gasteiger partial charge in [-0.05, 0) is 73.9 Å². The van der Waals surface area contributed by atoms with Crippen molar-refractivity contribution in [1.29, 1.82) is 0 Å². The molecule has 3 nitrogen and oxygen atoms in total. The van der Waals surface area contributed by atoms with Crippen LogP contribution in [-0.2, 0) is 0 Å². The molecule has 0 unspecified atom stereocenters. The van der Waals surface area contributed by atoms with Crippen molar-refractivity contribution in [2.24, 2.45) is 0 Å². The van der Waals surface area contributed by atoms with Crippen molar-refractivity contribution >= 4 is 0 Å². The minimum absolute atomic E-state index is 0.364. The molecular formula is C20H22O3. The second kappa shape index (κ2) is 5.80. The fourth-order valence-corrected chi connectivity index (χ4v) is 3.42. The van der Waals surface area contributed by atoms with Crippen LogP contribution in [0.4, 0.5) is 0 Å². The van der Waals surface area contributed by atoms with E-state index in [1.807, 2.05) is 12.1 Å². The highest BCUT2D eigenvalue weighted by Gasteiger charge is 2.24. The largest absolute Gasteiger partial charge is 0.508 e. The Morgan fingerprint density at radius 3 is 1.48 bits per heavy atom. The number of hydrogen-bond acceptors (Lipinski definition) is 3. The first-order valence-corrected chi connectivity index (χ1v) is 8.54. The summed E-state index contributed by atoms with van der Waals surface area (Å²) in [6, 6.07) is 10.9. The second-order valence-electron chi connectivity index (χ2n) is 6.80. The first-order valence-electron chi connectivity index (χ1n) is 8.54. The van der Waals surface area contributed by atoms with Gasteiger partial charge in [-0.3, -0.25) is 0 Å². The van der Waals surface area contributed by atoms with Crippen LogP contribution >= 0.6 is 0 Å². The molecule has 2 fully saturated rings. The van der Waals surface area contributed by atoms with E-state index < -0.39 is 0 Å². The highest BCUT2D eigenvalue weighted by Crippen LogP contribution is 2.44. The highest BCUT2D eigenvalue weighted by molar-refractivity contribution is 5.46. The minimum atomic E-state index is 0.364. The summed E-state index contributed by atoms with van der Waals surface area (Å²) < 4.78 is 5.98. The van der Waals surface area contributed by atoms with Crippen LogP contribution in [0.15, 0.2) is 36.4 Å². The quantitative estimate of drug-likeness (QED) is 0.792. The van der Waals surface area contributed by atoms with Gasteiger partial charge < -0.3 is 14.9 Å². The molecule has 2 aromatic carbocycles. The Kier molecular flexibility index (Phi) is 3.64. The minimum Gasteiger partial charge on any atom is -0.508 e. The molecule has 0 atom stereocenters. The number of rotatable bonds is 4. The van der Waals surface area contributed by atoms with Gasteiger partial charge in [-0.1, -0.05) is 12.8 Å². The van der Waals surface area contributed by atoms with Crippen LogP contribution < -0.4 is 4.74 Å². The number of benzene rings is 2. The summed E-state index contributed by atoms with van der Waals surface area (Å²) in [6.07, 6.45) is 7.03. The lowest BCUT2D eigenvalue weighted by Gasteiger charge is -2.27. The summed E-state index contributed by atoms with van der Waals surface area (Å²) in [5.41, 5.74) is 1.98. The van der Waals surface area contributed by atoms with Crippen molar-refractivity contribution in [2.45, 2.75) is 50.4 Å². The maximum Gasteiger partial charge on any atom is 0.127 e. The molecule has 0 spiro atoms. The Balaban J connectivity index is 1.58. The van der Waals surface area contributed by atoms with Gasteiger partial charge in [0.1, 0.15) is 23.0 Å². The Morgan fingerprint density at radius 1 is 0.696 bits per heavy atom. The molecule has 0 bridgehead atoms. The molecule has 0 radical (unpaired) electrons. The average Bonchev–Trinajstić information content (AvgIpc) is 2.42. The molecule has 0 aromatic heterocycles. The molecule has 0 aliphatic heterocycles. The van der Waals surface area contributed by atoms with Crippen LogP contribution in [0, 0.1) is 0 Å². The van der Waals surface area contributed by atoms with Gasteiger partial charge in [-0.15, -0.1) is 0 Å². The van der Waals surface area contributed by atoms with Gasteiger partial charge in [0.15, 0.2) is 0 Å². The number of ether oxygens (including phenoxy) is 1. The standard InChI is InChI=1S/C20H22O3/c21-19-9-7-15(11-17(19)13-3-1-4-13)23-16-8-10-20(22)18(12-16)14-5-2-6-14/h7-14,21-22H,1-6H2. The van der Waals surface area contributed by atoms with Gasteiger partial charge >= 0.3 is 0 Å². The maximum atomic E-state index is 10.0. The third-order valence-electron chi connectivity index (χ3n) is 5.32. The predicted octanol–water partition coefficient (Wildman–Crippen LogP) is 5.43. The zero-order valence-electron chi connectivity index (χ0n) is 13.2. The van der Waals surface area contributed by atoms with Crippen LogP contribution in [0.2, 0.25) is 0 Å². The van der Waals surface area contributed by atoms with Crippen LogP contribution in [0.1, 0.15) is 61.5 Å². The summed E-state index contributed by atoms with van der Waals surface area (Å²) in [4.78, 5) is 0. The van der Waals surface area contributed by atoms with E-state index in [1.165, 1.54) is 12.8 Å². The van der Waals surface area contributed by atoms with Gasteiger partial charge in [-0.2, -0.15) is 0 Å². The lowest BCUT2D eigenvalue weighted by molar-refractivity contribution is 0.386. The predicted molar refractivity (Wildman–Crippen MR) is 89.5 cm³/mol.